The van der Waals surface area contributed by atoms with Gasteiger partial charge in [-0.25, -0.2) is 4.79 Å². The first kappa shape index (κ1) is 18.4. The molecule has 3 aliphatic rings. The van der Waals surface area contributed by atoms with Crippen molar-refractivity contribution in [1.82, 2.24) is 20.4 Å². The summed E-state index contributed by atoms with van der Waals surface area (Å²) in [5.41, 5.74) is 0.538. The molecule has 1 saturated carbocycles. The van der Waals surface area contributed by atoms with Gasteiger partial charge in [0.2, 0.25) is 17.6 Å². The van der Waals surface area contributed by atoms with Crippen LogP contribution >= 0.6 is 11.6 Å². The smallest absolute Gasteiger partial charge is 0.407 e. The lowest BCUT2D eigenvalue weighted by molar-refractivity contribution is -0.142. The Hall–Kier alpha value is -2.61. The van der Waals surface area contributed by atoms with Crippen LogP contribution in [0, 0.1) is 5.92 Å². The molecule has 0 bridgehead atoms. The number of benzene rings is 1. The molecule has 1 aromatic heterocycles. The molecule has 2 amide bonds. The van der Waals surface area contributed by atoms with Crippen LogP contribution in [0.3, 0.4) is 0 Å². The molecule has 8 nitrogen and oxygen atoms in total. The molecule has 1 aromatic carbocycles. The topological polar surface area (TPSA) is 97.6 Å². The molecule has 3 heterocycles. The fourth-order valence-corrected chi connectivity index (χ4v) is 4.62. The number of hydrogen-bond acceptors (Lipinski definition) is 6. The number of rotatable bonds is 3. The van der Waals surface area contributed by atoms with E-state index in [2.05, 4.69) is 15.5 Å². The Kier molecular flexibility index (Phi) is 4.46. The second-order valence-corrected chi connectivity index (χ2v) is 8.59. The number of alkyl carbamates (subject to hydrolysis) is 1. The number of halogens is 1. The lowest BCUT2D eigenvalue weighted by Crippen LogP contribution is -2.58. The zero-order valence-electron chi connectivity index (χ0n) is 15.8. The fraction of sp³-hybridized carbons (Fsp3) is 0.500. The first-order valence-corrected chi connectivity index (χ1v) is 10.2. The summed E-state index contributed by atoms with van der Waals surface area (Å²) in [6, 6.07) is 7.32. The third-order valence-electron chi connectivity index (χ3n) is 6.17. The Bertz CT molecular complexity index is 930. The summed E-state index contributed by atoms with van der Waals surface area (Å²) in [6.07, 6.45) is 2.53. The average Bonchev–Trinajstić information content (AvgIpc) is 3.34. The van der Waals surface area contributed by atoms with Crippen molar-refractivity contribution in [2.45, 2.75) is 37.1 Å². The highest BCUT2D eigenvalue weighted by Gasteiger charge is 2.53. The third kappa shape index (κ3) is 3.46. The van der Waals surface area contributed by atoms with Gasteiger partial charge in [-0.15, -0.1) is 0 Å². The standard InChI is InChI=1S/C20H21ClN4O4/c21-15-3-1-12(2-4-15)16-22-17(29-24-16)13-5-7-25(8-6-13)18(26)14-9-20(10-14)11-28-19(27)23-20/h1-4,13-14H,5-11H2,(H,23,27)/t14-,20+. The summed E-state index contributed by atoms with van der Waals surface area (Å²) in [7, 11) is 0. The Balaban J connectivity index is 1.16. The zero-order valence-corrected chi connectivity index (χ0v) is 16.5. The maximum Gasteiger partial charge on any atom is 0.407 e. The van der Waals surface area contributed by atoms with E-state index in [4.69, 9.17) is 20.9 Å². The first-order valence-electron chi connectivity index (χ1n) is 9.85. The van der Waals surface area contributed by atoms with E-state index in [0.29, 0.717) is 49.3 Å². The van der Waals surface area contributed by atoms with Crippen LogP contribution in [0.15, 0.2) is 28.8 Å². The van der Waals surface area contributed by atoms with E-state index in [1.54, 1.807) is 12.1 Å². The second-order valence-electron chi connectivity index (χ2n) is 8.15. The monoisotopic (exact) mass is 416 g/mol. The van der Waals surface area contributed by atoms with Gasteiger partial charge in [-0.2, -0.15) is 4.98 Å². The summed E-state index contributed by atoms with van der Waals surface area (Å²) in [6.45, 7) is 1.72. The van der Waals surface area contributed by atoms with Gasteiger partial charge in [0, 0.05) is 35.5 Å². The van der Waals surface area contributed by atoms with E-state index in [9.17, 15) is 9.59 Å². The lowest BCUT2D eigenvalue weighted by Gasteiger charge is -2.44. The highest BCUT2D eigenvalue weighted by Crippen LogP contribution is 2.42. The van der Waals surface area contributed by atoms with Crippen molar-refractivity contribution in [3.8, 4) is 11.4 Å². The fourth-order valence-electron chi connectivity index (χ4n) is 4.49. The number of amides is 2. The van der Waals surface area contributed by atoms with Gasteiger partial charge in [0.25, 0.3) is 0 Å². The molecule has 3 fully saturated rings. The number of carbonyl (C=O) groups excluding carboxylic acids is 2. The van der Waals surface area contributed by atoms with Crippen molar-refractivity contribution >= 4 is 23.6 Å². The molecular weight excluding hydrogens is 396 g/mol. The molecule has 0 radical (unpaired) electrons. The van der Waals surface area contributed by atoms with Crippen LogP contribution in [0.1, 0.15) is 37.5 Å². The number of aromatic nitrogens is 2. The largest absolute Gasteiger partial charge is 0.447 e. The van der Waals surface area contributed by atoms with E-state index >= 15 is 0 Å². The van der Waals surface area contributed by atoms with Crippen molar-refractivity contribution in [3.05, 3.63) is 35.2 Å². The van der Waals surface area contributed by atoms with Gasteiger partial charge in [0.15, 0.2) is 0 Å². The van der Waals surface area contributed by atoms with E-state index in [-0.39, 0.29) is 29.4 Å². The molecule has 9 heteroatoms. The minimum absolute atomic E-state index is 0.0338. The molecule has 2 aliphatic heterocycles. The number of cyclic esters (lactones) is 1. The predicted molar refractivity (Wildman–Crippen MR) is 103 cm³/mol. The highest BCUT2D eigenvalue weighted by molar-refractivity contribution is 6.30. The molecule has 29 heavy (non-hydrogen) atoms. The number of nitrogens with one attached hydrogen (secondary N) is 1. The predicted octanol–water partition coefficient (Wildman–Crippen LogP) is 2.98. The Morgan fingerprint density at radius 3 is 2.59 bits per heavy atom. The van der Waals surface area contributed by atoms with Gasteiger partial charge >= 0.3 is 6.09 Å². The van der Waals surface area contributed by atoms with Crippen molar-refractivity contribution in [1.29, 1.82) is 0 Å². The molecule has 1 aliphatic carbocycles. The Morgan fingerprint density at radius 1 is 1.21 bits per heavy atom. The van der Waals surface area contributed by atoms with Crippen LogP contribution in [-0.4, -0.2) is 52.3 Å². The third-order valence-corrected chi connectivity index (χ3v) is 6.42. The number of ether oxygens (including phenoxy) is 1. The number of hydrogen-bond donors (Lipinski definition) is 1. The quantitative estimate of drug-likeness (QED) is 0.826. The number of piperidine rings is 1. The first-order chi connectivity index (χ1) is 14.0. The molecule has 152 valence electrons. The summed E-state index contributed by atoms with van der Waals surface area (Å²) < 4.78 is 10.5. The molecule has 2 aromatic rings. The van der Waals surface area contributed by atoms with Crippen LogP contribution in [-0.2, 0) is 9.53 Å². The van der Waals surface area contributed by atoms with Gasteiger partial charge in [-0.05, 0) is 49.9 Å². The van der Waals surface area contributed by atoms with Crippen molar-refractivity contribution in [2.24, 2.45) is 5.92 Å². The van der Waals surface area contributed by atoms with Gasteiger partial charge in [0.05, 0.1) is 5.54 Å². The molecule has 5 rings (SSSR count). The highest BCUT2D eigenvalue weighted by atomic mass is 35.5. The van der Waals surface area contributed by atoms with Crippen molar-refractivity contribution < 1.29 is 18.8 Å². The van der Waals surface area contributed by atoms with Crippen LogP contribution in [0.4, 0.5) is 4.79 Å². The molecule has 0 atom stereocenters. The number of carbonyl (C=O) groups is 2. The molecular formula is C20H21ClN4O4. The summed E-state index contributed by atoms with van der Waals surface area (Å²) in [5, 5.41) is 7.58. The minimum atomic E-state index is -0.380. The normalized spacial score (nSPS) is 26.9. The van der Waals surface area contributed by atoms with Crippen molar-refractivity contribution in [2.75, 3.05) is 19.7 Å². The van der Waals surface area contributed by atoms with Crippen LogP contribution in [0.25, 0.3) is 11.4 Å². The zero-order chi connectivity index (χ0) is 20.0. The lowest BCUT2D eigenvalue weighted by atomic mass is 9.68. The van der Waals surface area contributed by atoms with Gasteiger partial charge in [-0.3, -0.25) is 4.79 Å². The Morgan fingerprint density at radius 2 is 1.93 bits per heavy atom. The van der Waals surface area contributed by atoms with Gasteiger partial charge in [0.1, 0.15) is 6.61 Å². The SMILES string of the molecule is O=C1N[C@]2(CO1)C[C@H](C(=O)N1CCC(c3nc(-c4ccc(Cl)cc4)no3)CC1)C2. The van der Waals surface area contributed by atoms with Crippen LogP contribution in [0.5, 0.6) is 0 Å². The maximum absolute atomic E-state index is 12.8. The van der Waals surface area contributed by atoms with E-state index in [1.165, 1.54) is 0 Å². The molecule has 2 saturated heterocycles. The van der Waals surface area contributed by atoms with Crippen LogP contribution in [0.2, 0.25) is 5.02 Å². The molecule has 1 spiro atoms. The molecule has 0 unspecified atom stereocenters. The van der Waals surface area contributed by atoms with Gasteiger partial charge in [-0.1, -0.05) is 16.8 Å². The number of likely N-dealkylation sites (tertiary alicyclic amines) is 1. The maximum atomic E-state index is 12.8. The minimum Gasteiger partial charge on any atom is -0.447 e. The van der Waals surface area contributed by atoms with E-state index in [0.717, 1.165) is 18.4 Å². The van der Waals surface area contributed by atoms with E-state index < -0.39 is 0 Å². The number of nitrogens with zero attached hydrogens (tertiary/aromatic N) is 3. The molecule has 1 N–H and O–H groups in total. The summed E-state index contributed by atoms with van der Waals surface area (Å²) >= 11 is 5.92. The Labute approximate surface area is 172 Å². The van der Waals surface area contributed by atoms with Gasteiger partial charge < -0.3 is 19.5 Å². The second kappa shape index (κ2) is 7.02. The summed E-state index contributed by atoms with van der Waals surface area (Å²) in [4.78, 5) is 30.5. The van der Waals surface area contributed by atoms with E-state index in [1.807, 2.05) is 17.0 Å². The average molecular weight is 417 g/mol. The van der Waals surface area contributed by atoms with Crippen molar-refractivity contribution in [3.63, 3.8) is 0 Å². The summed E-state index contributed by atoms with van der Waals surface area (Å²) in [5.74, 6) is 1.46. The van der Waals surface area contributed by atoms with Crippen LogP contribution < -0.4 is 5.32 Å².